The van der Waals surface area contributed by atoms with Crippen LogP contribution in [0.1, 0.15) is 12.8 Å². The second-order valence-corrected chi connectivity index (χ2v) is 6.24. The van der Waals surface area contributed by atoms with Crippen LogP contribution in [0.2, 0.25) is 0 Å². The maximum atomic E-state index is 12.3. The Hall–Kier alpha value is -1.54. The Labute approximate surface area is 104 Å². The summed E-state index contributed by atoms with van der Waals surface area (Å²) in [7, 11) is -3.75. The van der Waals surface area contributed by atoms with E-state index in [2.05, 4.69) is 10.3 Å². The molecule has 98 valence electrons. The summed E-state index contributed by atoms with van der Waals surface area (Å²) in [6.07, 6.45) is 2.50. The average molecular weight is 271 g/mol. The summed E-state index contributed by atoms with van der Waals surface area (Å²) in [6, 6.07) is 2.52. The van der Waals surface area contributed by atoms with Crippen molar-refractivity contribution in [2.45, 2.75) is 23.1 Å². The highest BCUT2D eigenvalue weighted by Crippen LogP contribution is 2.26. The quantitative estimate of drug-likeness (QED) is 0.635. The summed E-state index contributed by atoms with van der Waals surface area (Å²) < 4.78 is 24.6. The van der Waals surface area contributed by atoms with Gasteiger partial charge in [-0.15, -0.1) is 0 Å². The van der Waals surface area contributed by atoms with Gasteiger partial charge in [0, 0.05) is 18.8 Å². The lowest BCUT2D eigenvalue weighted by Crippen LogP contribution is -2.39. The molecule has 0 bridgehead atoms. The van der Waals surface area contributed by atoms with Crippen molar-refractivity contribution in [2.75, 3.05) is 13.1 Å². The molecule has 1 fully saturated rings. The van der Waals surface area contributed by atoms with Gasteiger partial charge >= 0.3 is 5.69 Å². The van der Waals surface area contributed by atoms with Gasteiger partial charge in [0.25, 0.3) is 0 Å². The minimum absolute atomic E-state index is 0.316. The second kappa shape index (κ2) is 4.99. The molecule has 1 aliphatic rings. The van der Waals surface area contributed by atoms with Gasteiger partial charge in [0.1, 0.15) is 0 Å². The molecule has 0 aromatic carbocycles. The van der Waals surface area contributed by atoms with Gasteiger partial charge in [-0.1, -0.05) is 0 Å². The van der Waals surface area contributed by atoms with Gasteiger partial charge in [0.05, 0.1) is 10.2 Å². The molecule has 2 rings (SSSR count). The molecular formula is C10H13N3O4S. The second-order valence-electron chi connectivity index (χ2n) is 4.10. The van der Waals surface area contributed by atoms with Crippen LogP contribution < -0.4 is 5.32 Å². The predicted molar refractivity (Wildman–Crippen MR) is 64.0 cm³/mol. The zero-order valence-electron chi connectivity index (χ0n) is 9.57. The van der Waals surface area contributed by atoms with Crippen molar-refractivity contribution in [3.05, 3.63) is 28.4 Å². The number of nitro groups is 1. The van der Waals surface area contributed by atoms with Crippen LogP contribution in [0.5, 0.6) is 0 Å². The minimum atomic E-state index is -3.75. The van der Waals surface area contributed by atoms with E-state index in [-0.39, 0.29) is 0 Å². The number of nitrogens with zero attached hydrogens (tertiary/aromatic N) is 2. The molecule has 0 unspecified atom stereocenters. The van der Waals surface area contributed by atoms with Crippen LogP contribution in [-0.4, -0.2) is 36.7 Å². The first-order chi connectivity index (χ1) is 8.53. The topological polar surface area (TPSA) is 102 Å². The first kappa shape index (κ1) is 12.9. The lowest BCUT2D eigenvalue weighted by atomic mass is 10.2. The highest BCUT2D eigenvalue weighted by Gasteiger charge is 2.35. The largest absolute Gasteiger partial charge is 0.315 e. The van der Waals surface area contributed by atoms with E-state index >= 15 is 0 Å². The van der Waals surface area contributed by atoms with Crippen LogP contribution in [-0.2, 0) is 9.84 Å². The van der Waals surface area contributed by atoms with E-state index in [9.17, 15) is 18.5 Å². The molecule has 18 heavy (non-hydrogen) atoms. The molecule has 1 N–H and O–H groups in total. The van der Waals surface area contributed by atoms with E-state index in [0.717, 1.165) is 19.0 Å². The lowest BCUT2D eigenvalue weighted by Gasteiger charge is -2.22. The van der Waals surface area contributed by atoms with Crippen molar-refractivity contribution in [2.24, 2.45) is 0 Å². The Kier molecular flexibility index (Phi) is 3.58. The third-order valence-corrected chi connectivity index (χ3v) is 5.04. The molecule has 1 saturated heterocycles. The van der Waals surface area contributed by atoms with E-state index in [1.165, 1.54) is 12.3 Å². The summed E-state index contributed by atoms with van der Waals surface area (Å²) >= 11 is 0. The molecule has 1 atom stereocenters. The van der Waals surface area contributed by atoms with Crippen molar-refractivity contribution in [3.63, 3.8) is 0 Å². The summed E-state index contributed by atoms with van der Waals surface area (Å²) in [5.74, 6) is 0. The van der Waals surface area contributed by atoms with Gasteiger partial charge in [0.2, 0.25) is 14.9 Å². The summed E-state index contributed by atoms with van der Waals surface area (Å²) in [5.41, 5.74) is -0.455. The Balaban J connectivity index is 2.43. The van der Waals surface area contributed by atoms with E-state index in [1.54, 1.807) is 0 Å². The zero-order chi connectivity index (χ0) is 13.2. The maximum Gasteiger partial charge on any atom is 0.306 e. The SMILES string of the molecule is O=[N+]([O-])c1cccnc1S(=O)(=O)[C@H]1CCCNC1. The van der Waals surface area contributed by atoms with Crippen LogP contribution >= 0.6 is 0 Å². The highest BCUT2D eigenvalue weighted by atomic mass is 32.2. The number of pyridine rings is 1. The Morgan fingerprint density at radius 3 is 2.89 bits per heavy atom. The van der Waals surface area contributed by atoms with Crippen molar-refractivity contribution in [1.29, 1.82) is 0 Å². The number of rotatable bonds is 3. The Morgan fingerprint density at radius 2 is 2.28 bits per heavy atom. The monoisotopic (exact) mass is 271 g/mol. The van der Waals surface area contributed by atoms with E-state index in [1.807, 2.05) is 0 Å². The van der Waals surface area contributed by atoms with E-state index in [4.69, 9.17) is 0 Å². The zero-order valence-corrected chi connectivity index (χ0v) is 10.4. The first-order valence-corrected chi connectivity index (χ1v) is 7.12. The van der Waals surface area contributed by atoms with Crippen LogP contribution in [0, 0.1) is 10.1 Å². The number of sulfone groups is 1. The molecule has 7 nitrogen and oxygen atoms in total. The van der Waals surface area contributed by atoms with Gasteiger partial charge in [-0.25, -0.2) is 13.4 Å². The molecule has 1 aromatic heterocycles. The van der Waals surface area contributed by atoms with Crippen LogP contribution in [0.25, 0.3) is 0 Å². The summed E-state index contributed by atoms with van der Waals surface area (Å²) in [6.45, 7) is 1.09. The molecule has 1 aliphatic heterocycles. The van der Waals surface area contributed by atoms with Crippen molar-refractivity contribution in [3.8, 4) is 0 Å². The summed E-state index contributed by atoms with van der Waals surface area (Å²) in [4.78, 5) is 13.8. The Bertz CT molecular complexity index is 552. The molecule has 0 aliphatic carbocycles. The van der Waals surface area contributed by atoms with Crippen molar-refractivity contribution >= 4 is 15.5 Å². The molecule has 0 amide bonds. The minimum Gasteiger partial charge on any atom is -0.315 e. The Morgan fingerprint density at radius 1 is 1.50 bits per heavy atom. The first-order valence-electron chi connectivity index (χ1n) is 5.57. The summed E-state index contributed by atoms with van der Waals surface area (Å²) in [5, 5.41) is 12.8. The van der Waals surface area contributed by atoms with Crippen LogP contribution in [0.3, 0.4) is 0 Å². The fraction of sp³-hybridized carbons (Fsp3) is 0.500. The van der Waals surface area contributed by atoms with E-state index < -0.39 is 30.7 Å². The number of piperidine rings is 1. The van der Waals surface area contributed by atoms with Crippen LogP contribution in [0.15, 0.2) is 23.4 Å². The van der Waals surface area contributed by atoms with E-state index in [0.29, 0.717) is 13.0 Å². The molecular weight excluding hydrogens is 258 g/mol. The number of nitrogens with one attached hydrogen (secondary N) is 1. The van der Waals surface area contributed by atoms with Crippen molar-refractivity contribution < 1.29 is 13.3 Å². The van der Waals surface area contributed by atoms with Crippen LogP contribution in [0.4, 0.5) is 5.69 Å². The molecule has 0 spiro atoms. The molecule has 0 radical (unpaired) electrons. The number of hydrogen-bond acceptors (Lipinski definition) is 6. The normalized spacial score (nSPS) is 20.6. The third kappa shape index (κ3) is 2.34. The fourth-order valence-electron chi connectivity index (χ4n) is 1.98. The lowest BCUT2D eigenvalue weighted by molar-refractivity contribution is -0.388. The average Bonchev–Trinajstić information content (AvgIpc) is 2.39. The van der Waals surface area contributed by atoms with Gasteiger partial charge in [0.15, 0.2) is 0 Å². The van der Waals surface area contributed by atoms with Gasteiger partial charge in [-0.05, 0) is 25.5 Å². The maximum absolute atomic E-state index is 12.3. The van der Waals surface area contributed by atoms with Gasteiger partial charge in [-0.2, -0.15) is 0 Å². The van der Waals surface area contributed by atoms with Crippen molar-refractivity contribution in [1.82, 2.24) is 10.3 Å². The van der Waals surface area contributed by atoms with Gasteiger partial charge in [-0.3, -0.25) is 10.1 Å². The standard InChI is InChI=1S/C10H13N3O4S/c14-13(15)9-4-2-6-12-10(9)18(16,17)8-3-1-5-11-7-8/h2,4,6,8,11H,1,3,5,7H2/t8-/m0/s1. The van der Waals surface area contributed by atoms with Gasteiger partial charge < -0.3 is 5.32 Å². The fourth-order valence-corrected chi connectivity index (χ4v) is 3.75. The predicted octanol–water partition coefficient (Wildman–Crippen LogP) is 0.516. The number of hydrogen-bond donors (Lipinski definition) is 1. The number of aromatic nitrogens is 1. The molecule has 0 saturated carbocycles. The molecule has 1 aromatic rings. The third-order valence-electron chi connectivity index (χ3n) is 2.91. The highest BCUT2D eigenvalue weighted by molar-refractivity contribution is 7.92. The smallest absolute Gasteiger partial charge is 0.306 e. The molecule has 2 heterocycles. The molecule has 8 heteroatoms.